The number of rotatable bonds is 5. The maximum atomic E-state index is 12.6. The van der Waals surface area contributed by atoms with Crippen LogP contribution in [0.1, 0.15) is 10.4 Å². The summed E-state index contributed by atoms with van der Waals surface area (Å²) in [5.74, 6) is -0.211. The number of allylic oxidation sites excluding steroid dienone is 1. The summed E-state index contributed by atoms with van der Waals surface area (Å²) in [4.78, 5) is 26.1. The number of aromatic nitrogens is 1. The molecular formula is C26H22ClN3O2. The minimum absolute atomic E-state index is 0.211. The van der Waals surface area contributed by atoms with Gasteiger partial charge >= 0.3 is 0 Å². The lowest BCUT2D eigenvalue weighted by molar-refractivity contribution is -0.104. The van der Waals surface area contributed by atoms with Gasteiger partial charge in [0.2, 0.25) is 0 Å². The van der Waals surface area contributed by atoms with E-state index in [1.807, 2.05) is 37.4 Å². The lowest BCUT2D eigenvalue weighted by Gasteiger charge is -2.11. The monoisotopic (exact) mass is 443 g/mol. The highest BCUT2D eigenvalue weighted by atomic mass is 35.5. The van der Waals surface area contributed by atoms with Crippen molar-refractivity contribution < 1.29 is 9.59 Å². The average molecular weight is 444 g/mol. The van der Waals surface area contributed by atoms with Gasteiger partial charge in [-0.1, -0.05) is 42.4 Å². The van der Waals surface area contributed by atoms with Crippen molar-refractivity contribution in [3.05, 3.63) is 102 Å². The Morgan fingerprint density at radius 2 is 1.75 bits per heavy atom. The van der Waals surface area contributed by atoms with Crippen LogP contribution in [-0.4, -0.2) is 24.2 Å². The number of nitrogens with zero attached hydrogens (tertiary/aromatic N) is 1. The molecule has 1 amide bonds. The van der Waals surface area contributed by atoms with E-state index in [2.05, 4.69) is 34.3 Å². The zero-order valence-electron chi connectivity index (χ0n) is 17.5. The molecule has 0 radical (unpaired) electrons. The van der Waals surface area contributed by atoms with Gasteiger partial charge in [0, 0.05) is 34.9 Å². The molecule has 5 nitrogen and oxygen atoms in total. The highest BCUT2D eigenvalue weighted by Crippen LogP contribution is 2.29. The number of carbonyl (C=O) groups excluding carboxylic acids is 2. The predicted octanol–water partition coefficient (Wildman–Crippen LogP) is 6.22. The second-order valence-corrected chi connectivity index (χ2v) is 7.19. The molecule has 32 heavy (non-hydrogen) atoms. The number of amides is 1. The fraction of sp³-hybridized carbons (Fsp3) is 0.0385. The second-order valence-electron chi connectivity index (χ2n) is 6.76. The third-order valence-corrected chi connectivity index (χ3v) is 4.89. The van der Waals surface area contributed by atoms with E-state index in [1.54, 1.807) is 36.5 Å². The molecule has 1 heterocycles. The first-order valence-corrected chi connectivity index (χ1v) is 10.2. The molecule has 0 atom stereocenters. The Morgan fingerprint density at radius 1 is 1.00 bits per heavy atom. The summed E-state index contributed by atoms with van der Waals surface area (Å²) in [6, 6.07) is 22.9. The molecule has 160 valence electrons. The number of benzene rings is 3. The highest BCUT2D eigenvalue weighted by Gasteiger charge is 2.10. The van der Waals surface area contributed by atoms with Crippen LogP contribution in [-0.2, 0) is 4.79 Å². The standard InChI is InChI=1S/C23H18ClN3O.C3H4O/c1-25-19-7-3-4-15(13-19)16-8-9-21-20(14-16)22(10-11-26-21)27-23(28)17-5-2-6-18(24)12-17;1-2-3-4/h2-14,25H,1H3,(H,26,27,28);2-3H,1H2. The van der Waals surface area contributed by atoms with Crippen molar-refractivity contribution in [1.82, 2.24) is 4.98 Å². The smallest absolute Gasteiger partial charge is 0.255 e. The van der Waals surface area contributed by atoms with Crippen LogP contribution in [0, 0.1) is 0 Å². The van der Waals surface area contributed by atoms with E-state index in [0.717, 1.165) is 27.7 Å². The van der Waals surface area contributed by atoms with E-state index in [4.69, 9.17) is 16.4 Å². The molecule has 4 aromatic rings. The van der Waals surface area contributed by atoms with E-state index in [9.17, 15) is 4.79 Å². The summed E-state index contributed by atoms with van der Waals surface area (Å²) >= 11 is 6.01. The number of hydrogen-bond acceptors (Lipinski definition) is 4. The van der Waals surface area contributed by atoms with E-state index in [1.165, 1.54) is 6.08 Å². The van der Waals surface area contributed by atoms with Crippen LogP contribution in [0.2, 0.25) is 5.02 Å². The van der Waals surface area contributed by atoms with Gasteiger partial charge in [0.25, 0.3) is 5.91 Å². The van der Waals surface area contributed by atoms with E-state index in [0.29, 0.717) is 22.6 Å². The topological polar surface area (TPSA) is 71.1 Å². The first-order chi connectivity index (χ1) is 15.5. The van der Waals surface area contributed by atoms with E-state index < -0.39 is 0 Å². The van der Waals surface area contributed by atoms with Crippen molar-refractivity contribution in [2.45, 2.75) is 0 Å². The summed E-state index contributed by atoms with van der Waals surface area (Å²) < 4.78 is 0. The van der Waals surface area contributed by atoms with Crippen LogP contribution in [0.3, 0.4) is 0 Å². The number of nitrogens with one attached hydrogen (secondary N) is 2. The van der Waals surface area contributed by atoms with Gasteiger partial charge in [0.15, 0.2) is 0 Å². The minimum atomic E-state index is -0.211. The van der Waals surface area contributed by atoms with Gasteiger partial charge in [-0.2, -0.15) is 0 Å². The van der Waals surface area contributed by atoms with Gasteiger partial charge in [0.05, 0.1) is 11.2 Å². The van der Waals surface area contributed by atoms with Gasteiger partial charge < -0.3 is 10.6 Å². The van der Waals surface area contributed by atoms with Crippen molar-refractivity contribution in [2.24, 2.45) is 0 Å². The zero-order chi connectivity index (χ0) is 22.9. The summed E-state index contributed by atoms with van der Waals surface area (Å²) in [5, 5.41) is 7.54. The molecule has 3 aromatic carbocycles. The molecule has 0 aliphatic heterocycles. The number of halogens is 1. The number of anilines is 2. The number of hydrogen-bond donors (Lipinski definition) is 2. The molecule has 6 heteroatoms. The number of pyridine rings is 1. The van der Waals surface area contributed by atoms with Gasteiger partial charge in [-0.05, 0) is 65.7 Å². The molecule has 0 fully saturated rings. The summed E-state index contributed by atoms with van der Waals surface area (Å²) in [5.41, 5.74) is 5.22. The van der Waals surface area contributed by atoms with Gasteiger partial charge in [-0.15, -0.1) is 0 Å². The molecule has 1 aromatic heterocycles. The second kappa shape index (κ2) is 10.9. The van der Waals surface area contributed by atoms with Crippen molar-refractivity contribution in [2.75, 3.05) is 17.7 Å². The van der Waals surface area contributed by atoms with Gasteiger partial charge in [-0.3, -0.25) is 14.6 Å². The van der Waals surface area contributed by atoms with Crippen LogP contribution in [0.15, 0.2) is 91.6 Å². The Bertz CT molecular complexity index is 1260. The molecular weight excluding hydrogens is 422 g/mol. The number of aldehydes is 1. The summed E-state index contributed by atoms with van der Waals surface area (Å²) in [6.07, 6.45) is 3.53. The molecule has 0 saturated heterocycles. The maximum absolute atomic E-state index is 12.6. The fourth-order valence-electron chi connectivity index (χ4n) is 3.11. The van der Waals surface area contributed by atoms with Crippen LogP contribution in [0.25, 0.3) is 22.0 Å². The molecule has 0 aliphatic carbocycles. The van der Waals surface area contributed by atoms with Crippen molar-refractivity contribution in [3.63, 3.8) is 0 Å². The van der Waals surface area contributed by atoms with Gasteiger partial charge in [-0.25, -0.2) is 0 Å². The predicted molar refractivity (Wildman–Crippen MR) is 132 cm³/mol. The quantitative estimate of drug-likeness (QED) is 0.283. The molecule has 2 N–H and O–H groups in total. The molecule has 0 aliphatic rings. The van der Waals surface area contributed by atoms with Crippen molar-refractivity contribution >= 4 is 46.1 Å². The van der Waals surface area contributed by atoms with Crippen molar-refractivity contribution in [3.8, 4) is 11.1 Å². The number of fused-ring (bicyclic) bond motifs is 1. The summed E-state index contributed by atoms with van der Waals surface area (Å²) in [6.45, 7) is 3.11. The number of carbonyl (C=O) groups is 2. The zero-order valence-corrected chi connectivity index (χ0v) is 18.3. The SMILES string of the molecule is C=CC=O.CNc1cccc(-c2ccc3nccc(NC(=O)c4cccc(Cl)c4)c3c2)c1. The summed E-state index contributed by atoms with van der Waals surface area (Å²) in [7, 11) is 1.90. The first-order valence-electron chi connectivity index (χ1n) is 9.85. The average Bonchev–Trinajstić information content (AvgIpc) is 2.84. The maximum Gasteiger partial charge on any atom is 0.255 e. The van der Waals surface area contributed by atoms with E-state index in [-0.39, 0.29) is 5.91 Å². The third-order valence-electron chi connectivity index (χ3n) is 4.66. The molecule has 4 rings (SSSR count). The lowest BCUT2D eigenvalue weighted by atomic mass is 10.0. The van der Waals surface area contributed by atoms with Crippen LogP contribution >= 0.6 is 11.6 Å². The Kier molecular flexibility index (Phi) is 7.73. The Hall–Kier alpha value is -3.96. The van der Waals surface area contributed by atoms with E-state index >= 15 is 0 Å². The van der Waals surface area contributed by atoms with Crippen LogP contribution in [0.4, 0.5) is 11.4 Å². The Balaban J connectivity index is 0.000000668. The third kappa shape index (κ3) is 5.59. The van der Waals surface area contributed by atoms with Crippen molar-refractivity contribution in [1.29, 1.82) is 0 Å². The molecule has 0 bridgehead atoms. The van der Waals surface area contributed by atoms with Gasteiger partial charge in [0.1, 0.15) is 6.29 Å². The minimum Gasteiger partial charge on any atom is -0.388 e. The molecule has 0 unspecified atom stereocenters. The highest BCUT2D eigenvalue weighted by molar-refractivity contribution is 6.31. The Labute approximate surface area is 191 Å². The normalized spacial score (nSPS) is 9.94. The lowest BCUT2D eigenvalue weighted by Crippen LogP contribution is -2.12. The fourth-order valence-corrected chi connectivity index (χ4v) is 3.30. The van der Waals surface area contributed by atoms with Crippen LogP contribution < -0.4 is 10.6 Å². The molecule has 0 saturated carbocycles. The Morgan fingerprint density at radius 3 is 2.47 bits per heavy atom. The largest absolute Gasteiger partial charge is 0.388 e. The van der Waals surface area contributed by atoms with Crippen LogP contribution in [0.5, 0.6) is 0 Å². The first kappa shape index (κ1) is 22.7. The molecule has 0 spiro atoms.